The molecule has 20 heavy (non-hydrogen) atoms. The minimum Gasteiger partial charge on any atom is -0.357 e. The van der Waals surface area contributed by atoms with Gasteiger partial charge in [0, 0.05) is 25.0 Å². The molecule has 2 N–H and O–H groups in total. The first-order valence-electron chi connectivity index (χ1n) is 7.83. The van der Waals surface area contributed by atoms with E-state index in [2.05, 4.69) is 55.7 Å². The third-order valence-electron chi connectivity index (χ3n) is 3.73. The first kappa shape index (κ1) is 14.9. The molecule has 2 rings (SSSR count). The molecule has 0 spiro atoms. The van der Waals surface area contributed by atoms with Crippen LogP contribution in [0.25, 0.3) is 0 Å². The van der Waals surface area contributed by atoms with Crippen LogP contribution in [0.3, 0.4) is 0 Å². The Kier molecular flexibility index (Phi) is 5.45. The van der Waals surface area contributed by atoms with E-state index in [1.165, 1.54) is 30.4 Å². The Bertz CT molecular complexity index is 451. The van der Waals surface area contributed by atoms with Crippen LogP contribution >= 0.6 is 0 Å². The fraction of sp³-hybridized carbons (Fsp3) is 0.588. The van der Waals surface area contributed by atoms with Gasteiger partial charge in [-0.15, -0.1) is 0 Å². The van der Waals surface area contributed by atoms with Gasteiger partial charge in [0.2, 0.25) is 0 Å². The molecule has 1 aromatic carbocycles. The summed E-state index contributed by atoms with van der Waals surface area (Å²) in [5.74, 6) is 1.51. The van der Waals surface area contributed by atoms with Crippen LogP contribution in [-0.2, 0) is 6.42 Å². The van der Waals surface area contributed by atoms with Crippen molar-refractivity contribution in [2.45, 2.75) is 52.0 Å². The number of hydrogen-bond acceptors (Lipinski definition) is 1. The number of hydrogen-bond donors (Lipinski definition) is 2. The lowest BCUT2D eigenvalue weighted by molar-refractivity contribution is 0.558. The fourth-order valence-corrected chi connectivity index (χ4v) is 2.84. The smallest absolute Gasteiger partial charge is 0.191 e. The molecule has 0 saturated carbocycles. The molecule has 1 atom stereocenters. The number of nitrogens with one attached hydrogen (secondary N) is 2. The van der Waals surface area contributed by atoms with Crippen molar-refractivity contribution in [2.75, 3.05) is 13.1 Å². The normalized spacial score (nSPS) is 18.8. The quantitative estimate of drug-likeness (QED) is 0.653. The summed E-state index contributed by atoms with van der Waals surface area (Å²) < 4.78 is 0. The van der Waals surface area contributed by atoms with E-state index in [1.807, 2.05) is 0 Å². The van der Waals surface area contributed by atoms with Crippen molar-refractivity contribution in [3.05, 3.63) is 35.4 Å². The van der Waals surface area contributed by atoms with Crippen molar-refractivity contribution in [1.82, 2.24) is 10.6 Å². The molecule has 0 bridgehead atoms. The Hall–Kier alpha value is -1.51. The molecular formula is C17H27N3. The SMILES string of the molecule is CCNC(=NCC1CCCc2ccccc21)NC(C)C. The summed E-state index contributed by atoms with van der Waals surface area (Å²) in [4.78, 5) is 4.77. The molecule has 1 aromatic rings. The molecule has 3 heteroatoms. The van der Waals surface area contributed by atoms with E-state index >= 15 is 0 Å². The Morgan fingerprint density at radius 3 is 2.90 bits per heavy atom. The summed E-state index contributed by atoms with van der Waals surface area (Å²) in [6.07, 6.45) is 3.76. The van der Waals surface area contributed by atoms with Crippen LogP contribution in [0, 0.1) is 0 Å². The van der Waals surface area contributed by atoms with Crippen LogP contribution in [0.2, 0.25) is 0 Å². The van der Waals surface area contributed by atoms with Crippen molar-refractivity contribution < 1.29 is 0 Å². The molecule has 0 aliphatic heterocycles. The van der Waals surface area contributed by atoms with E-state index in [0.717, 1.165) is 19.0 Å². The van der Waals surface area contributed by atoms with Gasteiger partial charge in [0.05, 0.1) is 0 Å². The Morgan fingerprint density at radius 2 is 2.15 bits per heavy atom. The second-order valence-electron chi connectivity index (χ2n) is 5.81. The average Bonchev–Trinajstić information content (AvgIpc) is 2.44. The van der Waals surface area contributed by atoms with Gasteiger partial charge in [-0.05, 0) is 51.2 Å². The molecule has 0 heterocycles. The minimum atomic E-state index is 0.409. The van der Waals surface area contributed by atoms with Crippen LogP contribution in [0.15, 0.2) is 29.3 Å². The predicted molar refractivity (Wildman–Crippen MR) is 86.4 cm³/mol. The summed E-state index contributed by atoms with van der Waals surface area (Å²) in [6.45, 7) is 8.16. The van der Waals surface area contributed by atoms with E-state index < -0.39 is 0 Å². The predicted octanol–water partition coefficient (Wildman–Crippen LogP) is 3.07. The lowest BCUT2D eigenvalue weighted by Crippen LogP contribution is -2.41. The number of aryl methyl sites for hydroxylation is 1. The standard InChI is InChI=1S/C17H27N3/c1-4-18-17(20-13(2)3)19-12-15-10-7-9-14-8-5-6-11-16(14)15/h5-6,8,11,13,15H,4,7,9-10,12H2,1-3H3,(H2,18,19,20). The third kappa shape index (κ3) is 3.99. The molecule has 0 aromatic heterocycles. The van der Waals surface area contributed by atoms with Crippen molar-refractivity contribution in [3.8, 4) is 0 Å². The molecule has 1 aliphatic rings. The van der Waals surface area contributed by atoms with Crippen molar-refractivity contribution in [2.24, 2.45) is 4.99 Å². The number of aliphatic imine (C=N–C) groups is 1. The Balaban J connectivity index is 2.06. The lowest BCUT2D eigenvalue weighted by Gasteiger charge is -2.24. The zero-order valence-electron chi connectivity index (χ0n) is 12.9. The van der Waals surface area contributed by atoms with E-state index in [9.17, 15) is 0 Å². The molecule has 1 aliphatic carbocycles. The monoisotopic (exact) mass is 273 g/mol. The summed E-state index contributed by atoms with van der Waals surface area (Å²) in [7, 11) is 0. The van der Waals surface area contributed by atoms with Gasteiger partial charge >= 0.3 is 0 Å². The van der Waals surface area contributed by atoms with Gasteiger partial charge in [0.1, 0.15) is 0 Å². The van der Waals surface area contributed by atoms with Crippen molar-refractivity contribution >= 4 is 5.96 Å². The van der Waals surface area contributed by atoms with Crippen molar-refractivity contribution in [3.63, 3.8) is 0 Å². The number of guanidine groups is 1. The maximum absolute atomic E-state index is 4.77. The number of benzene rings is 1. The van der Waals surface area contributed by atoms with Gasteiger partial charge in [-0.2, -0.15) is 0 Å². The average molecular weight is 273 g/mol. The second-order valence-corrected chi connectivity index (χ2v) is 5.81. The minimum absolute atomic E-state index is 0.409. The Morgan fingerprint density at radius 1 is 1.35 bits per heavy atom. The highest BCUT2D eigenvalue weighted by atomic mass is 15.2. The molecular weight excluding hydrogens is 246 g/mol. The highest BCUT2D eigenvalue weighted by molar-refractivity contribution is 5.80. The third-order valence-corrected chi connectivity index (χ3v) is 3.73. The van der Waals surface area contributed by atoms with Gasteiger partial charge in [0.15, 0.2) is 5.96 Å². The Labute approximate surface area is 122 Å². The van der Waals surface area contributed by atoms with Crippen LogP contribution in [0.1, 0.15) is 50.7 Å². The zero-order chi connectivity index (χ0) is 14.4. The summed E-state index contributed by atoms with van der Waals surface area (Å²) >= 11 is 0. The molecule has 3 nitrogen and oxygen atoms in total. The summed E-state index contributed by atoms with van der Waals surface area (Å²) in [6, 6.07) is 9.25. The van der Waals surface area contributed by atoms with Crippen LogP contribution in [0.5, 0.6) is 0 Å². The molecule has 110 valence electrons. The first-order valence-corrected chi connectivity index (χ1v) is 7.83. The zero-order valence-corrected chi connectivity index (χ0v) is 12.9. The first-order chi connectivity index (χ1) is 9.70. The highest BCUT2D eigenvalue weighted by Gasteiger charge is 2.19. The fourth-order valence-electron chi connectivity index (χ4n) is 2.84. The van der Waals surface area contributed by atoms with Crippen LogP contribution in [0.4, 0.5) is 0 Å². The maximum atomic E-state index is 4.77. The van der Waals surface area contributed by atoms with E-state index in [-0.39, 0.29) is 0 Å². The molecule has 0 saturated heterocycles. The number of fused-ring (bicyclic) bond motifs is 1. The second kappa shape index (κ2) is 7.32. The maximum Gasteiger partial charge on any atom is 0.191 e. The van der Waals surface area contributed by atoms with Gasteiger partial charge < -0.3 is 10.6 Å². The van der Waals surface area contributed by atoms with Gasteiger partial charge in [-0.1, -0.05) is 24.3 Å². The number of nitrogens with zero attached hydrogens (tertiary/aromatic N) is 1. The highest BCUT2D eigenvalue weighted by Crippen LogP contribution is 2.31. The number of rotatable bonds is 4. The summed E-state index contributed by atoms with van der Waals surface area (Å²) in [5, 5.41) is 6.70. The van der Waals surface area contributed by atoms with E-state index in [1.54, 1.807) is 0 Å². The van der Waals surface area contributed by atoms with Gasteiger partial charge in [-0.25, -0.2) is 0 Å². The molecule has 0 fully saturated rings. The molecule has 0 amide bonds. The van der Waals surface area contributed by atoms with E-state index in [4.69, 9.17) is 4.99 Å². The van der Waals surface area contributed by atoms with Crippen molar-refractivity contribution in [1.29, 1.82) is 0 Å². The summed E-state index contributed by atoms with van der Waals surface area (Å²) in [5.41, 5.74) is 3.02. The van der Waals surface area contributed by atoms with Crippen LogP contribution in [-0.4, -0.2) is 25.1 Å². The van der Waals surface area contributed by atoms with Gasteiger partial charge in [-0.3, -0.25) is 4.99 Å². The van der Waals surface area contributed by atoms with Crippen LogP contribution < -0.4 is 10.6 Å². The van der Waals surface area contributed by atoms with Gasteiger partial charge in [0.25, 0.3) is 0 Å². The topological polar surface area (TPSA) is 36.4 Å². The molecule has 0 radical (unpaired) electrons. The van der Waals surface area contributed by atoms with E-state index in [0.29, 0.717) is 12.0 Å². The lowest BCUT2D eigenvalue weighted by atomic mass is 9.83. The largest absolute Gasteiger partial charge is 0.357 e. The molecule has 1 unspecified atom stereocenters.